The molecule has 4 aromatic rings. The van der Waals surface area contributed by atoms with Crippen LogP contribution in [0.5, 0.6) is 0 Å². The van der Waals surface area contributed by atoms with Gasteiger partial charge >= 0.3 is 0 Å². The number of aryl methyl sites for hydroxylation is 1. The van der Waals surface area contributed by atoms with Crippen molar-refractivity contribution >= 4 is 27.5 Å². The number of hydrogen-bond donors (Lipinski definition) is 1. The summed E-state index contributed by atoms with van der Waals surface area (Å²) in [6.07, 6.45) is 1.92. The van der Waals surface area contributed by atoms with E-state index in [9.17, 15) is 22.4 Å². The third-order valence-corrected chi connectivity index (χ3v) is 9.09. The van der Waals surface area contributed by atoms with Gasteiger partial charge in [0.25, 0.3) is 10.0 Å². The molecular weight excluding hydrogens is 577 g/mol. The van der Waals surface area contributed by atoms with Crippen molar-refractivity contribution < 1.29 is 22.4 Å². The zero-order chi connectivity index (χ0) is 31.5. The van der Waals surface area contributed by atoms with Crippen molar-refractivity contribution in [2.24, 2.45) is 0 Å². The van der Waals surface area contributed by atoms with Crippen LogP contribution in [0.3, 0.4) is 0 Å². The number of nitrogens with one attached hydrogen (secondary N) is 1. The Morgan fingerprint density at radius 3 is 2.00 bits per heavy atom. The summed E-state index contributed by atoms with van der Waals surface area (Å²) >= 11 is 0. The molecule has 0 heterocycles. The van der Waals surface area contributed by atoms with Crippen LogP contribution >= 0.6 is 0 Å². The highest BCUT2D eigenvalue weighted by Gasteiger charge is 2.34. The smallest absolute Gasteiger partial charge is 0.264 e. The number of sulfonamides is 1. The van der Waals surface area contributed by atoms with Crippen LogP contribution in [0.25, 0.3) is 0 Å². The number of benzene rings is 4. The molecule has 0 saturated heterocycles. The monoisotopic (exact) mass is 615 g/mol. The van der Waals surface area contributed by atoms with E-state index in [-0.39, 0.29) is 29.5 Å². The lowest BCUT2D eigenvalue weighted by Gasteiger charge is -2.34. The molecule has 0 aliphatic rings. The standard InChI is InChI=1S/C35H38FN3O4S/c1-3-4-23-37-35(41)33(24-28-11-7-5-8-12-28)38(25-29-13-9-6-10-14-29)34(40)26-39(31-19-15-27(2)16-20-31)44(42,43)32-21-17-30(36)18-22-32/h5-22,33H,3-4,23-26H2,1-2H3,(H,37,41)/t33-/m0/s1. The van der Waals surface area contributed by atoms with Crippen LogP contribution in [0, 0.1) is 12.7 Å². The summed E-state index contributed by atoms with van der Waals surface area (Å²) in [5.41, 5.74) is 2.85. The molecule has 9 heteroatoms. The number of halogens is 1. The molecule has 0 saturated carbocycles. The first-order valence-corrected chi connectivity index (χ1v) is 16.1. The fourth-order valence-electron chi connectivity index (χ4n) is 4.81. The molecule has 0 aromatic heterocycles. The van der Waals surface area contributed by atoms with Crippen molar-refractivity contribution in [2.45, 2.75) is 50.6 Å². The predicted octanol–water partition coefficient (Wildman–Crippen LogP) is 5.89. The highest BCUT2D eigenvalue weighted by atomic mass is 32.2. The van der Waals surface area contributed by atoms with E-state index in [4.69, 9.17) is 0 Å². The fourth-order valence-corrected chi connectivity index (χ4v) is 6.23. The minimum Gasteiger partial charge on any atom is -0.354 e. The van der Waals surface area contributed by atoms with Crippen molar-refractivity contribution in [1.82, 2.24) is 10.2 Å². The quantitative estimate of drug-likeness (QED) is 0.179. The topological polar surface area (TPSA) is 86.8 Å². The normalized spacial score (nSPS) is 11.9. The summed E-state index contributed by atoms with van der Waals surface area (Å²) in [5.74, 6) is -1.43. The Kier molecular flexibility index (Phi) is 11.3. The Morgan fingerprint density at radius 1 is 0.818 bits per heavy atom. The lowest BCUT2D eigenvalue weighted by Crippen LogP contribution is -2.53. The third-order valence-electron chi connectivity index (χ3n) is 7.30. The Morgan fingerprint density at radius 2 is 1.41 bits per heavy atom. The second-order valence-electron chi connectivity index (χ2n) is 10.7. The molecule has 230 valence electrons. The molecule has 4 rings (SSSR count). The maximum absolute atomic E-state index is 14.4. The first kappa shape index (κ1) is 32.4. The minimum absolute atomic E-state index is 0.0940. The highest BCUT2D eigenvalue weighted by Crippen LogP contribution is 2.26. The van der Waals surface area contributed by atoms with Crippen LogP contribution in [-0.4, -0.2) is 44.3 Å². The van der Waals surface area contributed by atoms with Crippen LogP contribution < -0.4 is 9.62 Å². The van der Waals surface area contributed by atoms with Gasteiger partial charge in [-0.1, -0.05) is 91.7 Å². The van der Waals surface area contributed by atoms with E-state index < -0.39 is 34.3 Å². The maximum atomic E-state index is 14.4. The summed E-state index contributed by atoms with van der Waals surface area (Å²) in [5, 5.41) is 2.98. The molecule has 0 radical (unpaired) electrons. The van der Waals surface area contributed by atoms with Crippen molar-refractivity contribution in [3.8, 4) is 0 Å². The average Bonchev–Trinajstić information content (AvgIpc) is 3.03. The predicted molar refractivity (Wildman–Crippen MR) is 171 cm³/mol. The van der Waals surface area contributed by atoms with E-state index in [2.05, 4.69) is 5.32 Å². The van der Waals surface area contributed by atoms with E-state index in [1.165, 1.54) is 17.0 Å². The first-order chi connectivity index (χ1) is 21.2. The molecule has 0 bridgehead atoms. The molecule has 0 aliphatic heterocycles. The molecule has 1 N–H and O–H groups in total. The van der Waals surface area contributed by atoms with E-state index >= 15 is 0 Å². The molecule has 0 spiro atoms. The van der Waals surface area contributed by atoms with Gasteiger partial charge < -0.3 is 10.2 Å². The molecule has 44 heavy (non-hydrogen) atoms. The van der Waals surface area contributed by atoms with Crippen LogP contribution in [0.1, 0.15) is 36.5 Å². The highest BCUT2D eigenvalue weighted by molar-refractivity contribution is 7.92. The number of carbonyl (C=O) groups is 2. The van der Waals surface area contributed by atoms with E-state index in [1.807, 2.05) is 74.5 Å². The molecule has 7 nitrogen and oxygen atoms in total. The van der Waals surface area contributed by atoms with Crippen LogP contribution in [0.2, 0.25) is 0 Å². The minimum atomic E-state index is -4.29. The van der Waals surface area contributed by atoms with Crippen LogP contribution in [0.15, 0.2) is 114 Å². The Labute approximate surface area is 259 Å². The zero-order valence-corrected chi connectivity index (χ0v) is 25.8. The largest absolute Gasteiger partial charge is 0.354 e. The summed E-state index contributed by atoms with van der Waals surface area (Å²) < 4.78 is 42.7. The maximum Gasteiger partial charge on any atom is 0.264 e. The van der Waals surface area contributed by atoms with Gasteiger partial charge in [0.2, 0.25) is 11.8 Å². The van der Waals surface area contributed by atoms with Gasteiger partial charge in [-0.15, -0.1) is 0 Å². The van der Waals surface area contributed by atoms with E-state index in [0.29, 0.717) is 6.54 Å². The number of hydrogen-bond acceptors (Lipinski definition) is 4. The number of carbonyl (C=O) groups excluding carboxylic acids is 2. The molecule has 0 fully saturated rings. The van der Waals surface area contributed by atoms with Crippen molar-refractivity contribution in [2.75, 3.05) is 17.4 Å². The number of nitrogens with zero attached hydrogens (tertiary/aromatic N) is 2. The zero-order valence-electron chi connectivity index (χ0n) is 25.0. The van der Waals surface area contributed by atoms with Gasteiger partial charge in [-0.2, -0.15) is 0 Å². The van der Waals surface area contributed by atoms with Gasteiger partial charge in [-0.05, 0) is 60.9 Å². The van der Waals surface area contributed by atoms with E-state index in [1.54, 1.807) is 24.3 Å². The second-order valence-corrected chi connectivity index (χ2v) is 12.5. The lowest BCUT2D eigenvalue weighted by molar-refractivity contribution is -0.140. The Balaban J connectivity index is 1.77. The Bertz CT molecular complexity index is 1610. The second kappa shape index (κ2) is 15.3. The molecule has 1 atom stereocenters. The van der Waals surface area contributed by atoms with Gasteiger partial charge in [0.1, 0.15) is 18.4 Å². The van der Waals surface area contributed by atoms with Gasteiger partial charge in [0, 0.05) is 19.5 Å². The van der Waals surface area contributed by atoms with Crippen molar-refractivity contribution in [3.63, 3.8) is 0 Å². The van der Waals surface area contributed by atoms with Gasteiger partial charge in [-0.25, -0.2) is 12.8 Å². The Hall–Kier alpha value is -4.50. The van der Waals surface area contributed by atoms with Crippen molar-refractivity contribution in [3.05, 3.63) is 132 Å². The van der Waals surface area contributed by atoms with Gasteiger partial charge in [-0.3, -0.25) is 13.9 Å². The summed E-state index contributed by atoms with van der Waals surface area (Å²) in [4.78, 5) is 29.4. The first-order valence-electron chi connectivity index (χ1n) is 14.7. The molecule has 2 amide bonds. The molecule has 0 aliphatic carbocycles. The molecule has 0 unspecified atom stereocenters. The molecule has 4 aromatic carbocycles. The number of amides is 2. The fraction of sp³-hybridized carbons (Fsp3) is 0.257. The summed E-state index contributed by atoms with van der Waals surface area (Å²) in [6, 6.07) is 29.1. The van der Waals surface area contributed by atoms with Crippen molar-refractivity contribution in [1.29, 1.82) is 0 Å². The van der Waals surface area contributed by atoms with E-state index in [0.717, 1.165) is 46.0 Å². The molecular formula is C35H38FN3O4S. The van der Waals surface area contributed by atoms with Gasteiger partial charge in [0.15, 0.2) is 0 Å². The number of unbranched alkanes of at least 4 members (excludes halogenated alkanes) is 1. The number of rotatable bonds is 14. The SMILES string of the molecule is CCCCNC(=O)[C@H](Cc1ccccc1)N(Cc1ccccc1)C(=O)CN(c1ccc(C)cc1)S(=O)(=O)c1ccc(F)cc1. The average molecular weight is 616 g/mol. The summed E-state index contributed by atoms with van der Waals surface area (Å²) in [6.45, 7) is 3.89. The summed E-state index contributed by atoms with van der Waals surface area (Å²) in [7, 11) is -4.29. The third kappa shape index (κ3) is 8.54. The van der Waals surface area contributed by atoms with Crippen LogP contribution in [0.4, 0.5) is 10.1 Å². The number of anilines is 1. The lowest BCUT2D eigenvalue weighted by atomic mass is 10.0. The van der Waals surface area contributed by atoms with Gasteiger partial charge in [0.05, 0.1) is 10.6 Å². The van der Waals surface area contributed by atoms with Crippen LogP contribution in [-0.2, 0) is 32.6 Å².